The van der Waals surface area contributed by atoms with Crippen LogP contribution in [0.5, 0.6) is 0 Å². The average Bonchev–Trinajstić information content (AvgIpc) is 3.18. The fraction of sp³-hybridized carbons (Fsp3) is 0.727. The summed E-state index contributed by atoms with van der Waals surface area (Å²) >= 11 is 0. The lowest BCUT2D eigenvalue weighted by Crippen LogP contribution is -2.70. The number of hydrogen-bond acceptors (Lipinski definition) is 13. The Hall–Kier alpha value is -2.49. The van der Waals surface area contributed by atoms with Gasteiger partial charge in [-0.25, -0.2) is 4.79 Å². The van der Waals surface area contributed by atoms with Gasteiger partial charge in [0.25, 0.3) is 0 Å². The van der Waals surface area contributed by atoms with Crippen molar-refractivity contribution >= 4 is 11.8 Å². The second kappa shape index (κ2) is 10.5. The Balaban J connectivity index is 1.30. The maximum absolute atomic E-state index is 14.6. The van der Waals surface area contributed by atoms with Crippen molar-refractivity contribution in [3.8, 4) is 0 Å². The van der Waals surface area contributed by atoms with E-state index < -0.39 is 106 Å². The maximum atomic E-state index is 14.6. The zero-order valence-corrected chi connectivity index (χ0v) is 26.5. The van der Waals surface area contributed by atoms with Gasteiger partial charge in [-0.1, -0.05) is 18.6 Å². The quantitative estimate of drug-likeness (QED) is 0.265. The van der Waals surface area contributed by atoms with Gasteiger partial charge in [-0.3, -0.25) is 9.59 Å². The lowest BCUT2D eigenvalue weighted by atomic mass is 9.43. The smallest absolute Gasteiger partial charge is 0.335 e. The van der Waals surface area contributed by atoms with Crippen LogP contribution in [0.25, 0.3) is 0 Å². The van der Waals surface area contributed by atoms with Crippen molar-refractivity contribution < 1.29 is 58.1 Å². The van der Waals surface area contributed by atoms with Crippen LogP contribution in [0.3, 0.4) is 0 Å². The molecule has 7 rings (SSSR count). The van der Waals surface area contributed by atoms with Crippen LogP contribution in [0.1, 0.15) is 64.9 Å². The van der Waals surface area contributed by atoms with Gasteiger partial charge in [0.2, 0.25) is 5.79 Å². The molecular formula is C33H42O13. The fourth-order valence-electron chi connectivity index (χ4n) is 10.2. The minimum Gasteiger partial charge on any atom is -0.462 e. The summed E-state index contributed by atoms with van der Waals surface area (Å²) in [7, 11) is 1.33. The van der Waals surface area contributed by atoms with E-state index in [2.05, 4.69) is 0 Å². The van der Waals surface area contributed by atoms with Crippen LogP contribution in [0.15, 0.2) is 39.3 Å². The van der Waals surface area contributed by atoms with Crippen LogP contribution in [-0.4, -0.2) is 99.7 Å². The molecule has 2 aliphatic heterocycles. The average molecular weight is 647 g/mol. The van der Waals surface area contributed by atoms with Crippen LogP contribution in [0.2, 0.25) is 0 Å². The molecule has 6 aliphatic rings. The summed E-state index contributed by atoms with van der Waals surface area (Å²) in [4.78, 5) is 38.6. The second-order valence-corrected chi connectivity index (χ2v) is 14.4. The Morgan fingerprint density at radius 2 is 1.80 bits per heavy atom. The number of aliphatic hydroxyl groups excluding tert-OH is 3. The third kappa shape index (κ3) is 4.06. The number of ketones is 1. The topological polar surface area (TPSA) is 191 Å². The predicted octanol–water partition coefficient (Wildman–Crippen LogP) is 0.696. The number of aliphatic hydroxyl groups is 4. The first kappa shape index (κ1) is 32.1. The highest BCUT2D eigenvalue weighted by Gasteiger charge is 2.76. The third-order valence-electron chi connectivity index (χ3n) is 12.3. The lowest BCUT2D eigenvalue weighted by Gasteiger charge is -2.62. The first-order valence-electron chi connectivity index (χ1n) is 15.9. The maximum Gasteiger partial charge on any atom is 0.335 e. The number of methoxy groups -OCH3 is 1. The van der Waals surface area contributed by atoms with Crippen LogP contribution in [0.4, 0.5) is 0 Å². The number of carbonyl (C=O) groups excluding carboxylic acids is 2. The number of carbonyl (C=O) groups is 2. The Bertz CT molecular complexity index is 1500. The Labute approximate surface area is 265 Å². The highest BCUT2D eigenvalue weighted by atomic mass is 16.8. The first-order valence-corrected chi connectivity index (χ1v) is 15.9. The van der Waals surface area contributed by atoms with Gasteiger partial charge in [0.05, 0.1) is 29.5 Å². The van der Waals surface area contributed by atoms with Crippen molar-refractivity contribution in [1.29, 1.82) is 0 Å². The normalized spacial score (nSPS) is 51.1. The highest BCUT2D eigenvalue weighted by molar-refractivity contribution is 5.93. The number of esters is 1. The van der Waals surface area contributed by atoms with Crippen LogP contribution < -0.4 is 5.63 Å². The number of fused-ring (bicyclic) bond motifs is 8. The summed E-state index contributed by atoms with van der Waals surface area (Å²) in [6.07, 6.45) is -4.43. The molecule has 46 heavy (non-hydrogen) atoms. The van der Waals surface area contributed by atoms with E-state index in [0.717, 1.165) is 5.57 Å². The fourth-order valence-corrected chi connectivity index (χ4v) is 10.2. The molecule has 0 radical (unpaired) electrons. The standard InChI is InChI=1S/C33H42O13/c1-14-26(37)33(41-5)28(39)29(43-14)45-19-10-17-7-8-18-24(30(17,3)11-20(19)46-33)25(36)27(38)31(4)23(16-6-9-22(35)42-13-16)21(44-15(2)34)12-32(18,31)40/h6,9-10,13-14,18-21,23-26,28-29,36-37,39-40H,7-8,11-12H2,1-5H3/t14-,18+,19+,20+,21-,23-,24+,25-,26+,28+,29-,30-,31-,32-,33-/m0/s1. The van der Waals surface area contributed by atoms with Gasteiger partial charge in [0, 0.05) is 38.4 Å². The number of Topliss-reactive ketones (excluding diaryl/α,β-unsaturated/α-hetero) is 1. The second-order valence-electron chi connectivity index (χ2n) is 14.4. The van der Waals surface area contributed by atoms with Gasteiger partial charge in [-0.05, 0) is 56.1 Å². The van der Waals surface area contributed by atoms with E-state index in [-0.39, 0.29) is 12.8 Å². The molecule has 13 nitrogen and oxygen atoms in total. The van der Waals surface area contributed by atoms with Crippen LogP contribution in [0, 0.1) is 22.7 Å². The molecule has 4 N–H and O–H groups in total. The van der Waals surface area contributed by atoms with Gasteiger partial charge in [0.1, 0.15) is 24.4 Å². The molecule has 3 heterocycles. The van der Waals surface area contributed by atoms with Crippen LogP contribution >= 0.6 is 0 Å². The lowest BCUT2D eigenvalue weighted by molar-refractivity contribution is -0.388. The van der Waals surface area contributed by atoms with E-state index in [0.29, 0.717) is 18.4 Å². The summed E-state index contributed by atoms with van der Waals surface area (Å²) in [6.45, 7) is 6.42. The van der Waals surface area contributed by atoms with Crippen LogP contribution in [-0.2, 0) is 33.3 Å². The van der Waals surface area contributed by atoms with E-state index >= 15 is 0 Å². The van der Waals surface area contributed by atoms with Crippen molar-refractivity contribution in [2.24, 2.45) is 22.7 Å². The van der Waals surface area contributed by atoms with Gasteiger partial charge >= 0.3 is 11.6 Å². The van der Waals surface area contributed by atoms with Crippen molar-refractivity contribution in [2.75, 3.05) is 7.11 Å². The molecule has 4 aliphatic carbocycles. The molecular weight excluding hydrogens is 604 g/mol. The zero-order valence-electron chi connectivity index (χ0n) is 26.5. The summed E-state index contributed by atoms with van der Waals surface area (Å²) < 4.78 is 35.0. The monoisotopic (exact) mass is 646 g/mol. The van der Waals surface area contributed by atoms with E-state index in [1.54, 1.807) is 13.8 Å². The molecule has 0 aromatic carbocycles. The molecule has 1 aromatic rings. The highest BCUT2D eigenvalue weighted by Crippen LogP contribution is 2.69. The zero-order chi connectivity index (χ0) is 33.1. The molecule has 1 aromatic heterocycles. The predicted molar refractivity (Wildman–Crippen MR) is 155 cm³/mol. The van der Waals surface area contributed by atoms with E-state index in [1.807, 2.05) is 13.0 Å². The summed E-state index contributed by atoms with van der Waals surface area (Å²) in [5.41, 5.74) is -3.46. The number of ether oxygens (including phenoxy) is 5. The van der Waals surface area contributed by atoms with E-state index in [9.17, 15) is 34.8 Å². The van der Waals surface area contributed by atoms with Crippen molar-refractivity contribution in [1.82, 2.24) is 0 Å². The van der Waals surface area contributed by atoms with E-state index in [4.69, 9.17) is 28.1 Å². The molecule has 2 bridgehead atoms. The number of hydrogen-bond donors (Lipinski definition) is 4. The van der Waals surface area contributed by atoms with Crippen molar-refractivity contribution in [3.05, 3.63) is 46.0 Å². The molecule has 15 atom stereocenters. The van der Waals surface area contributed by atoms with Crippen molar-refractivity contribution in [3.63, 3.8) is 0 Å². The van der Waals surface area contributed by atoms with E-state index in [1.165, 1.54) is 32.4 Å². The largest absolute Gasteiger partial charge is 0.462 e. The summed E-state index contributed by atoms with van der Waals surface area (Å²) in [5, 5.41) is 47.1. The molecule has 0 amide bonds. The minimum atomic E-state index is -1.85. The molecule has 0 unspecified atom stereocenters. The Morgan fingerprint density at radius 1 is 1.07 bits per heavy atom. The number of allylic oxidation sites excluding steroid dienone is 1. The summed E-state index contributed by atoms with van der Waals surface area (Å²) in [5.74, 6) is -5.30. The van der Waals surface area contributed by atoms with Gasteiger partial charge in [0.15, 0.2) is 18.2 Å². The summed E-state index contributed by atoms with van der Waals surface area (Å²) in [6, 6.07) is 2.71. The van der Waals surface area contributed by atoms with Gasteiger partial charge in [-0.15, -0.1) is 0 Å². The molecule has 13 heteroatoms. The molecule has 5 fully saturated rings. The first-order chi connectivity index (χ1) is 21.6. The van der Waals surface area contributed by atoms with Gasteiger partial charge in [-0.2, -0.15) is 0 Å². The molecule has 252 valence electrons. The SMILES string of the molecule is CO[C@]12O[C@@H]3C[C@@]4(C)C(=C[C@H]3O[C@H](O[C@@H](C)[C@H]1O)[C@H]2O)CC[C@@H]1[C@@H]4[C@H](O)C(=O)[C@]2(C)[C@@H](c3ccc(=O)oc3)[C@@H](OC(C)=O)C[C@]12O. The van der Waals surface area contributed by atoms with Gasteiger partial charge < -0.3 is 48.5 Å². The molecule has 2 saturated heterocycles. The Morgan fingerprint density at radius 3 is 2.46 bits per heavy atom. The number of rotatable bonds is 3. The van der Waals surface area contributed by atoms with Crippen molar-refractivity contribution in [2.45, 2.75) is 120 Å². The molecule has 0 spiro atoms. The third-order valence-corrected chi connectivity index (χ3v) is 12.3. The Kier molecular flexibility index (Phi) is 7.32. The minimum absolute atomic E-state index is 0.0601. The molecule has 3 saturated carbocycles.